The minimum Gasteiger partial charge on any atom is -0.493 e. The molecule has 0 spiro atoms. The summed E-state index contributed by atoms with van der Waals surface area (Å²) in [5.74, 6) is 0.828. The van der Waals surface area contributed by atoms with Gasteiger partial charge in [-0.1, -0.05) is 38.2 Å². The molecule has 0 bridgehead atoms. The molecule has 1 aliphatic rings. The molecule has 0 unspecified atom stereocenters. The minimum atomic E-state index is -0.381. The first-order valence-electron chi connectivity index (χ1n) is 8.11. The van der Waals surface area contributed by atoms with Gasteiger partial charge in [-0.25, -0.2) is 9.67 Å². The lowest BCUT2D eigenvalue weighted by Crippen LogP contribution is -2.14. The average Bonchev–Trinajstić information content (AvgIpc) is 2.90. The highest BCUT2D eigenvalue weighted by atomic mass is 16.3. The molecule has 0 aliphatic heterocycles. The van der Waals surface area contributed by atoms with Crippen LogP contribution in [0.4, 0.5) is 5.82 Å². The van der Waals surface area contributed by atoms with Crippen molar-refractivity contribution in [1.82, 2.24) is 14.8 Å². The molecule has 122 valence electrons. The highest BCUT2D eigenvalue weighted by Gasteiger charge is 2.15. The van der Waals surface area contributed by atoms with Crippen LogP contribution in [0.3, 0.4) is 0 Å². The van der Waals surface area contributed by atoms with E-state index in [1.165, 1.54) is 48.4 Å². The topological polar surface area (TPSA) is 80.0 Å². The van der Waals surface area contributed by atoms with Crippen LogP contribution in [0.25, 0.3) is 0 Å². The lowest BCUT2D eigenvalue weighted by atomic mass is 9.85. The first kappa shape index (κ1) is 15.5. The van der Waals surface area contributed by atoms with Crippen LogP contribution in [0.15, 0.2) is 24.4 Å². The molecule has 0 saturated heterocycles. The molecule has 23 heavy (non-hydrogen) atoms. The van der Waals surface area contributed by atoms with E-state index in [2.05, 4.69) is 15.4 Å². The van der Waals surface area contributed by atoms with Gasteiger partial charge in [0.2, 0.25) is 5.88 Å². The number of amides is 1. The van der Waals surface area contributed by atoms with Gasteiger partial charge >= 0.3 is 0 Å². The Morgan fingerprint density at radius 2 is 2.13 bits per heavy atom. The Morgan fingerprint density at radius 3 is 2.74 bits per heavy atom. The fourth-order valence-corrected chi connectivity index (χ4v) is 3.09. The number of nitrogens with one attached hydrogen (secondary N) is 1. The zero-order valence-electron chi connectivity index (χ0n) is 13.3. The molecular formula is C17H22N4O2. The molecule has 2 N–H and O–H groups in total. The Labute approximate surface area is 135 Å². The number of aryl methyl sites for hydroxylation is 1. The molecular weight excluding hydrogens is 292 g/mol. The average molecular weight is 314 g/mol. The summed E-state index contributed by atoms with van der Waals surface area (Å²) in [5, 5.41) is 16.1. The molecule has 0 radical (unpaired) electrons. The first-order chi connectivity index (χ1) is 11.1. The molecule has 1 amide bonds. The predicted octanol–water partition coefficient (Wildman–Crippen LogP) is 2.90. The van der Waals surface area contributed by atoms with E-state index in [-0.39, 0.29) is 17.5 Å². The number of carbonyl (C=O) groups excluding carboxylic acids is 1. The van der Waals surface area contributed by atoms with Crippen LogP contribution < -0.4 is 5.32 Å². The number of anilines is 1. The second-order valence-electron chi connectivity index (χ2n) is 6.23. The number of aromatic hydroxyl groups is 1. The Balaban J connectivity index is 1.59. The molecule has 1 aliphatic carbocycles. The first-order valence-corrected chi connectivity index (χ1v) is 8.11. The fourth-order valence-electron chi connectivity index (χ4n) is 3.09. The van der Waals surface area contributed by atoms with Crippen LogP contribution in [-0.2, 0) is 13.5 Å². The second-order valence-corrected chi connectivity index (χ2v) is 6.23. The molecule has 3 rings (SSSR count). The van der Waals surface area contributed by atoms with Gasteiger partial charge in [0.15, 0.2) is 5.69 Å². The van der Waals surface area contributed by atoms with E-state index in [9.17, 15) is 9.90 Å². The van der Waals surface area contributed by atoms with Crippen molar-refractivity contribution < 1.29 is 9.90 Å². The summed E-state index contributed by atoms with van der Waals surface area (Å²) >= 11 is 0. The van der Waals surface area contributed by atoms with Crippen molar-refractivity contribution in [3.63, 3.8) is 0 Å². The van der Waals surface area contributed by atoms with Crippen LogP contribution in [0, 0.1) is 5.92 Å². The van der Waals surface area contributed by atoms with Gasteiger partial charge in [0.05, 0.1) is 0 Å². The smallest absolute Gasteiger partial charge is 0.277 e. The van der Waals surface area contributed by atoms with Crippen LogP contribution in [0.5, 0.6) is 5.88 Å². The summed E-state index contributed by atoms with van der Waals surface area (Å²) < 4.78 is 1.25. The van der Waals surface area contributed by atoms with Gasteiger partial charge in [-0.15, -0.1) is 0 Å². The predicted molar refractivity (Wildman–Crippen MR) is 87.3 cm³/mol. The Kier molecular flexibility index (Phi) is 4.60. The number of hydrogen-bond donors (Lipinski definition) is 2. The maximum absolute atomic E-state index is 12.0. The highest BCUT2D eigenvalue weighted by molar-refractivity contribution is 6.02. The number of pyridine rings is 1. The van der Waals surface area contributed by atoms with E-state index in [4.69, 9.17) is 0 Å². The van der Waals surface area contributed by atoms with Crippen molar-refractivity contribution in [3.8, 4) is 5.88 Å². The van der Waals surface area contributed by atoms with Crippen molar-refractivity contribution in [1.29, 1.82) is 0 Å². The molecule has 6 heteroatoms. The van der Waals surface area contributed by atoms with Gasteiger partial charge in [-0.05, 0) is 24.0 Å². The van der Waals surface area contributed by atoms with Crippen molar-refractivity contribution in [2.45, 2.75) is 38.5 Å². The molecule has 2 heterocycles. The fraction of sp³-hybridized carbons (Fsp3) is 0.471. The largest absolute Gasteiger partial charge is 0.493 e. The summed E-state index contributed by atoms with van der Waals surface area (Å²) in [5.41, 5.74) is 1.38. The van der Waals surface area contributed by atoms with Crippen LogP contribution >= 0.6 is 0 Å². The van der Waals surface area contributed by atoms with Crippen molar-refractivity contribution in [2.75, 3.05) is 5.32 Å². The van der Waals surface area contributed by atoms with E-state index in [1.807, 2.05) is 18.3 Å². The van der Waals surface area contributed by atoms with Crippen molar-refractivity contribution in [2.24, 2.45) is 13.0 Å². The zero-order valence-corrected chi connectivity index (χ0v) is 13.3. The van der Waals surface area contributed by atoms with Crippen LogP contribution in [-0.4, -0.2) is 25.8 Å². The van der Waals surface area contributed by atoms with E-state index < -0.39 is 0 Å². The number of carbonyl (C=O) groups is 1. The van der Waals surface area contributed by atoms with Crippen LogP contribution in [0.2, 0.25) is 0 Å². The summed E-state index contributed by atoms with van der Waals surface area (Å²) in [6.45, 7) is 0. The monoisotopic (exact) mass is 314 g/mol. The maximum atomic E-state index is 12.0. The van der Waals surface area contributed by atoms with Crippen LogP contribution in [0.1, 0.15) is 48.2 Å². The Hall–Kier alpha value is -2.37. The minimum absolute atomic E-state index is 0.0501. The Bertz CT molecular complexity index is 653. The third kappa shape index (κ3) is 3.88. The Morgan fingerprint density at radius 1 is 1.35 bits per heavy atom. The molecule has 0 atom stereocenters. The summed E-state index contributed by atoms with van der Waals surface area (Å²) in [6, 6.07) is 5.17. The molecule has 1 fully saturated rings. The van der Waals surface area contributed by atoms with Gasteiger partial charge < -0.3 is 10.4 Å². The summed E-state index contributed by atoms with van der Waals surface area (Å²) in [7, 11) is 1.57. The van der Waals surface area contributed by atoms with E-state index >= 15 is 0 Å². The molecule has 1 saturated carbocycles. The molecule has 0 aromatic carbocycles. The summed E-state index contributed by atoms with van der Waals surface area (Å²) in [4.78, 5) is 16.4. The standard InChI is InChI=1S/C17H22N4O2/c1-21-16(22)10-14(20-21)17(23)19-15-8-7-13(11-18-15)9-12-5-3-2-4-6-12/h7-8,10-12,22H,2-6,9H2,1H3,(H,18,19,23). The van der Waals surface area contributed by atoms with Crippen molar-refractivity contribution in [3.05, 3.63) is 35.7 Å². The molecule has 2 aromatic rings. The number of aromatic nitrogens is 3. The van der Waals surface area contributed by atoms with Gasteiger partial charge in [0.25, 0.3) is 5.91 Å². The SMILES string of the molecule is Cn1nc(C(=O)Nc2ccc(CC3CCCCC3)cn2)cc1O. The highest BCUT2D eigenvalue weighted by Crippen LogP contribution is 2.26. The number of rotatable bonds is 4. The zero-order chi connectivity index (χ0) is 16.2. The normalized spacial score (nSPS) is 15.5. The van der Waals surface area contributed by atoms with E-state index in [1.54, 1.807) is 7.05 Å². The lowest BCUT2D eigenvalue weighted by Gasteiger charge is -2.21. The van der Waals surface area contributed by atoms with Gasteiger partial charge in [-0.2, -0.15) is 5.10 Å². The number of hydrogen-bond acceptors (Lipinski definition) is 4. The third-order valence-corrected chi connectivity index (χ3v) is 4.40. The third-order valence-electron chi connectivity index (χ3n) is 4.40. The quantitative estimate of drug-likeness (QED) is 0.909. The van der Waals surface area contributed by atoms with E-state index in [0.29, 0.717) is 5.82 Å². The second kappa shape index (κ2) is 6.81. The number of nitrogens with zero attached hydrogens (tertiary/aromatic N) is 3. The molecule has 6 nitrogen and oxygen atoms in total. The van der Waals surface area contributed by atoms with Gasteiger partial charge in [-0.3, -0.25) is 4.79 Å². The van der Waals surface area contributed by atoms with E-state index in [0.717, 1.165) is 12.3 Å². The van der Waals surface area contributed by atoms with Gasteiger partial charge in [0.1, 0.15) is 5.82 Å². The lowest BCUT2D eigenvalue weighted by molar-refractivity contribution is 0.102. The maximum Gasteiger partial charge on any atom is 0.277 e. The molecule has 2 aromatic heterocycles. The van der Waals surface area contributed by atoms with Gasteiger partial charge in [0, 0.05) is 19.3 Å². The summed E-state index contributed by atoms with van der Waals surface area (Å²) in [6.07, 6.45) is 9.55. The van der Waals surface area contributed by atoms with Crippen molar-refractivity contribution >= 4 is 11.7 Å².